The van der Waals surface area contributed by atoms with Crippen LogP contribution >= 0.6 is 12.4 Å². The number of hydrogen-bond donors (Lipinski definition) is 2. The molecule has 4 nitrogen and oxygen atoms in total. The first-order chi connectivity index (χ1) is 6.77. The van der Waals surface area contributed by atoms with Crippen molar-refractivity contribution in [2.24, 2.45) is 0 Å². The number of nitrogens with zero attached hydrogens (tertiary/aromatic N) is 1. The Morgan fingerprint density at radius 3 is 2.40 bits per heavy atom. The third kappa shape index (κ3) is 2.35. The van der Waals surface area contributed by atoms with Crippen molar-refractivity contribution in [1.82, 2.24) is 9.97 Å². The molecule has 0 bridgehead atoms. The number of carboxylic acids is 1. The van der Waals surface area contributed by atoms with Crippen molar-refractivity contribution in [1.29, 1.82) is 0 Å². The first kappa shape index (κ1) is 11.3. The van der Waals surface area contributed by atoms with Gasteiger partial charge in [0.05, 0.1) is 5.56 Å². The third-order valence-corrected chi connectivity index (χ3v) is 1.90. The second kappa shape index (κ2) is 4.61. The molecule has 0 spiro atoms. The monoisotopic (exact) mass is 224 g/mol. The number of carboxylic acid groups (broad SMARTS) is 1. The lowest BCUT2D eigenvalue weighted by molar-refractivity contribution is 0.0697. The van der Waals surface area contributed by atoms with Gasteiger partial charge in [-0.2, -0.15) is 0 Å². The molecule has 2 rings (SSSR count). The summed E-state index contributed by atoms with van der Waals surface area (Å²) in [6.45, 7) is 0. The molecule has 78 valence electrons. The van der Waals surface area contributed by atoms with Crippen molar-refractivity contribution in [3.8, 4) is 11.4 Å². The van der Waals surface area contributed by atoms with Crippen LogP contribution in [0.1, 0.15) is 10.4 Å². The van der Waals surface area contributed by atoms with Gasteiger partial charge in [-0.1, -0.05) is 12.1 Å². The number of hydrogen-bond acceptors (Lipinski definition) is 2. The Balaban J connectivity index is 0.00000112. The molecule has 0 unspecified atom stereocenters. The zero-order chi connectivity index (χ0) is 9.97. The maximum atomic E-state index is 10.6. The van der Waals surface area contributed by atoms with Crippen molar-refractivity contribution < 1.29 is 9.90 Å². The van der Waals surface area contributed by atoms with Crippen molar-refractivity contribution in [3.05, 3.63) is 42.2 Å². The lowest BCUT2D eigenvalue weighted by atomic mass is 10.1. The summed E-state index contributed by atoms with van der Waals surface area (Å²) in [5.74, 6) is -0.182. The highest BCUT2D eigenvalue weighted by Crippen LogP contribution is 2.14. The van der Waals surface area contributed by atoms with Crippen molar-refractivity contribution in [3.63, 3.8) is 0 Å². The molecule has 0 aliphatic carbocycles. The van der Waals surface area contributed by atoms with Gasteiger partial charge in [-0.15, -0.1) is 12.4 Å². The quantitative estimate of drug-likeness (QED) is 0.822. The topological polar surface area (TPSA) is 66.0 Å². The van der Waals surface area contributed by atoms with E-state index >= 15 is 0 Å². The fraction of sp³-hybridized carbons (Fsp3) is 0. The predicted octanol–water partition coefficient (Wildman–Crippen LogP) is 2.20. The fourth-order valence-electron chi connectivity index (χ4n) is 1.19. The number of nitrogens with one attached hydrogen (secondary N) is 1. The van der Waals surface area contributed by atoms with E-state index in [1.165, 1.54) is 0 Å². The van der Waals surface area contributed by atoms with Gasteiger partial charge in [-0.05, 0) is 12.1 Å². The van der Waals surface area contributed by atoms with Gasteiger partial charge in [0.2, 0.25) is 0 Å². The molecule has 0 atom stereocenters. The molecule has 0 amide bonds. The van der Waals surface area contributed by atoms with Gasteiger partial charge in [0.1, 0.15) is 5.82 Å². The standard InChI is InChI=1S/C10H8N2O2.ClH/c13-10(14)8-3-1-7(2-4-8)9-11-5-6-12-9;/h1-6H,(H,11,12)(H,13,14);1H. The van der Waals surface area contributed by atoms with E-state index in [-0.39, 0.29) is 18.0 Å². The Morgan fingerprint density at radius 1 is 1.27 bits per heavy atom. The van der Waals surface area contributed by atoms with E-state index in [0.29, 0.717) is 0 Å². The predicted molar refractivity (Wildman–Crippen MR) is 58.2 cm³/mol. The highest BCUT2D eigenvalue weighted by atomic mass is 35.5. The molecule has 0 aliphatic rings. The lowest BCUT2D eigenvalue weighted by Crippen LogP contribution is -1.95. The van der Waals surface area contributed by atoms with E-state index in [2.05, 4.69) is 9.97 Å². The molecule has 0 fully saturated rings. The smallest absolute Gasteiger partial charge is 0.335 e. The second-order valence-electron chi connectivity index (χ2n) is 2.82. The summed E-state index contributed by atoms with van der Waals surface area (Å²) in [6, 6.07) is 6.56. The molecule has 0 aliphatic heterocycles. The normalized spacial score (nSPS) is 9.33. The van der Waals surface area contributed by atoms with Crippen LogP contribution in [0, 0.1) is 0 Å². The minimum atomic E-state index is -0.920. The van der Waals surface area contributed by atoms with Crippen molar-refractivity contribution >= 4 is 18.4 Å². The second-order valence-corrected chi connectivity index (χ2v) is 2.82. The Labute approximate surface area is 92.4 Å². The SMILES string of the molecule is Cl.O=C(O)c1ccc(-c2ncc[nH]2)cc1. The van der Waals surface area contributed by atoms with E-state index in [4.69, 9.17) is 5.11 Å². The summed E-state index contributed by atoms with van der Waals surface area (Å²) in [7, 11) is 0. The summed E-state index contributed by atoms with van der Waals surface area (Å²) in [4.78, 5) is 17.6. The van der Waals surface area contributed by atoms with E-state index in [1.54, 1.807) is 36.7 Å². The van der Waals surface area contributed by atoms with E-state index in [1.807, 2.05) is 0 Å². The molecular formula is C10H9ClN2O2. The van der Waals surface area contributed by atoms with Crippen LogP contribution in [0.4, 0.5) is 0 Å². The zero-order valence-corrected chi connectivity index (χ0v) is 8.49. The molecule has 0 radical (unpaired) electrons. The lowest BCUT2D eigenvalue weighted by Gasteiger charge is -1.97. The maximum absolute atomic E-state index is 10.6. The van der Waals surface area contributed by atoms with E-state index < -0.39 is 5.97 Å². The van der Waals surface area contributed by atoms with Gasteiger partial charge in [0.15, 0.2) is 0 Å². The van der Waals surface area contributed by atoms with Crippen LogP contribution in [0.25, 0.3) is 11.4 Å². The van der Waals surface area contributed by atoms with Crippen LogP contribution in [0.15, 0.2) is 36.7 Å². The van der Waals surface area contributed by atoms with Crippen LogP contribution in [-0.4, -0.2) is 21.0 Å². The van der Waals surface area contributed by atoms with Gasteiger partial charge in [-0.3, -0.25) is 0 Å². The summed E-state index contributed by atoms with van der Waals surface area (Å²) < 4.78 is 0. The molecule has 2 aromatic rings. The molecule has 5 heteroatoms. The number of imidazole rings is 1. The summed E-state index contributed by atoms with van der Waals surface area (Å²) in [5, 5.41) is 8.68. The zero-order valence-electron chi connectivity index (χ0n) is 7.68. The maximum Gasteiger partial charge on any atom is 0.335 e. The Morgan fingerprint density at radius 2 is 1.93 bits per heavy atom. The molecule has 0 saturated heterocycles. The molecule has 1 aromatic heterocycles. The molecule has 0 saturated carbocycles. The number of aromatic amines is 1. The molecular weight excluding hydrogens is 216 g/mol. The number of halogens is 1. The number of aromatic carboxylic acids is 1. The number of benzene rings is 1. The average Bonchev–Trinajstić information content (AvgIpc) is 2.71. The number of H-pyrrole nitrogens is 1. The van der Waals surface area contributed by atoms with Crippen LogP contribution in [-0.2, 0) is 0 Å². The van der Waals surface area contributed by atoms with Crippen LogP contribution in [0.5, 0.6) is 0 Å². The minimum Gasteiger partial charge on any atom is -0.478 e. The van der Waals surface area contributed by atoms with Gasteiger partial charge < -0.3 is 10.1 Å². The largest absolute Gasteiger partial charge is 0.478 e. The number of rotatable bonds is 2. The van der Waals surface area contributed by atoms with Crippen molar-refractivity contribution in [2.45, 2.75) is 0 Å². The Bertz CT molecular complexity index is 437. The number of carbonyl (C=O) groups is 1. The first-order valence-corrected chi connectivity index (χ1v) is 4.10. The average molecular weight is 225 g/mol. The summed E-state index contributed by atoms with van der Waals surface area (Å²) >= 11 is 0. The molecule has 1 aromatic carbocycles. The van der Waals surface area contributed by atoms with Gasteiger partial charge in [0, 0.05) is 18.0 Å². The highest BCUT2D eigenvalue weighted by Gasteiger charge is 2.03. The van der Waals surface area contributed by atoms with Gasteiger partial charge in [0.25, 0.3) is 0 Å². The van der Waals surface area contributed by atoms with Crippen LogP contribution in [0.2, 0.25) is 0 Å². The van der Waals surface area contributed by atoms with Crippen LogP contribution in [0.3, 0.4) is 0 Å². The highest BCUT2D eigenvalue weighted by molar-refractivity contribution is 5.88. The minimum absolute atomic E-state index is 0. The Hall–Kier alpha value is -1.81. The van der Waals surface area contributed by atoms with E-state index in [9.17, 15) is 4.79 Å². The fourth-order valence-corrected chi connectivity index (χ4v) is 1.19. The molecule has 2 N–H and O–H groups in total. The van der Waals surface area contributed by atoms with Gasteiger partial charge in [-0.25, -0.2) is 9.78 Å². The van der Waals surface area contributed by atoms with Gasteiger partial charge >= 0.3 is 5.97 Å². The van der Waals surface area contributed by atoms with E-state index in [0.717, 1.165) is 11.4 Å². The van der Waals surface area contributed by atoms with Crippen LogP contribution < -0.4 is 0 Å². The summed E-state index contributed by atoms with van der Waals surface area (Å²) in [6.07, 6.45) is 3.38. The summed E-state index contributed by atoms with van der Waals surface area (Å²) in [5.41, 5.74) is 1.15. The number of aromatic nitrogens is 2. The molecule has 1 heterocycles. The third-order valence-electron chi connectivity index (χ3n) is 1.90. The Kier molecular flexibility index (Phi) is 3.46. The first-order valence-electron chi connectivity index (χ1n) is 4.10. The van der Waals surface area contributed by atoms with Crippen molar-refractivity contribution in [2.75, 3.05) is 0 Å². The molecule has 15 heavy (non-hydrogen) atoms.